The van der Waals surface area contributed by atoms with E-state index < -0.39 is 0 Å². The third-order valence-corrected chi connectivity index (χ3v) is 5.35. The number of carbonyl (C=O) groups excluding carboxylic acids is 1. The predicted molar refractivity (Wildman–Crippen MR) is 124 cm³/mol. The van der Waals surface area contributed by atoms with Crippen molar-refractivity contribution in [1.82, 2.24) is 25.5 Å². The van der Waals surface area contributed by atoms with Crippen LogP contribution < -0.4 is 15.5 Å². The molecule has 8 nitrogen and oxygen atoms in total. The largest absolute Gasteiger partial charge is 0.357 e. The molecule has 0 saturated carbocycles. The second-order valence-corrected chi connectivity index (χ2v) is 7.72. The highest BCUT2D eigenvalue weighted by atomic mass is 16.2. The van der Waals surface area contributed by atoms with E-state index in [0.717, 1.165) is 31.5 Å². The van der Waals surface area contributed by atoms with Crippen molar-refractivity contribution < 1.29 is 4.79 Å². The number of hydrogen-bond acceptors (Lipinski definition) is 5. The molecule has 1 amide bonds. The molecule has 2 N–H and O–H groups in total. The second-order valence-electron chi connectivity index (χ2n) is 7.72. The van der Waals surface area contributed by atoms with Gasteiger partial charge >= 0.3 is 0 Å². The zero-order chi connectivity index (χ0) is 22.1. The molecular weight excluding hydrogens is 390 g/mol. The third kappa shape index (κ3) is 6.67. The summed E-state index contributed by atoms with van der Waals surface area (Å²) in [4.78, 5) is 29.9. The van der Waals surface area contributed by atoms with Crippen molar-refractivity contribution in [2.45, 2.75) is 33.7 Å². The Hall–Kier alpha value is -3.16. The van der Waals surface area contributed by atoms with Crippen molar-refractivity contribution in [3.8, 4) is 0 Å². The fourth-order valence-corrected chi connectivity index (χ4v) is 3.59. The Morgan fingerprint density at radius 2 is 1.84 bits per heavy atom. The quantitative estimate of drug-likeness (QED) is 0.523. The first-order chi connectivity index (χ1) is 15.1. The third-order valence-electron chi connectivity index (χ3n) is 5.35. The molecule has 0 radical (unpaired) electrons. The van der Waals surface area contributed by atoms with Crippen LogP contribution in [0.5, 0.6) is 0 Å². The van der Waals surface area contributed by atoms with Crippen LogP contribution in [0.2, 0.25) is 0 Å². The van der Waals surface area contributed by atoms with Gasteiger partial charge in [0.25, 0.3) is 0 Å². The molecule has 0 aliphatic carbocycles. The topological polar surface area (TPSA) is 85.8 Å². The van der Waals surface area contributed by atoms with Gasteiger partial charge in [-0.15, -0.1) is 0 Å². The summed E-state index contributed by atoms with van der Waals surface area (Å²) >= 11 is 0. The zero-order valence-corrected chi connectivity index (χ0v) is 18.8. The predicted octanol–water partition coefficient (Wildman–Crippen LogP) is 1.89. The van der Waals surface area contributed by atoms with E-state index in [4.69, 9.17) is 0 Å². The second kappa shape index (κ2) is 11.3. The van der Waals surface area contributed by atoms with E-state index in [0.29, 0.717) is 32.6 Å². The standard InChI is InChI=1S/C23H33N7O/c1-4-24-22(28-17-20-7-6-18(2)16-19(20)3)25-11-8-21(31)29-12-14-30(15-13-29)23-26-9-5-10-27-23/h5-7,9-10,16H,4,8,11-15,17H2,1-3H3,(H2,24,25,28). The molecule has 0 unspecified atom stereocenters. The molecule has 1 saturated heterocycles. The van der Waals surface area contributed by atoms with E-state index in [1.54, 1.807) is 12.4 Å². The summed E-state index contributed by atoms with van der Waals surface area (Å²) in [6, 6.07) is 8.22. The van der Waals surface area contributed by atoms with Gasteiger partial charge in [0.15, 0.2) is 5.96 Å². The van der Waals surface area contributed by atoms with Crippen molar-refractivity contribution in [3.63, 3.8) is 0 Å². The minimum Gasteiger partial charge on any atom is -0.357 e. The molecule has 1 aromatic heterocycles. The normalized spacial score (nSPS) is 14.5. The smallest absolute Gasteiger partial charge is 0.225 e. The van der Waals surface area contributed by atoms with Crippen molar-refractivity contribution in [2.24, 2.45) is 4.99 Å². The number of aromatic nitrogens is 2. The Morgan fingerprint density at radius 3 is 2.52 bits per heavy atom. The molecule has 8 heteroatoms. The van der Waals surface area contributed by atoms with Gasteiger partial charge in [0.1, 0.15) is 0 Å². The highest BCUT2D eigenvalue weighted by Crippen LogP contribution is 2.12. The van der Waals surface area contributed by atoms with Gasteiger partial charge in [-0.25, -0.2) is 15.0 Å². The van der Waals surface area contributed by atoms with Gasteiger partial charge in [0.05, 0.1) is 6.54 Å². The molecule has 1 fully saturated rings. The maximum absolute atomic E-state index is 12.6. The molecule has 0 bridgehead atoms. The van der Waals surface area contributed by atoms with Crippen molar-refractivity contribution in [3.05, 3.63) is 53.3 Å². The zero-order valence-electron chi connectivity index (χ0n) is 18.8. The Morgan fingerprint density at radius 1 is 1.10 bits per heavy atom. The average Bonchev–Trinajstić information content (AvgIpc) is 2.79. The van der Waals surface area contributed by atoms with Crippen molar-refractivity contribution in [1.29, 1.82) is 0 Å². The van der Waals surface area contributed by atoms with Gasteiger partial charge in [-0.3, -0.25) is 4.79 Å². The van der Waals surface area contributed by atoms with Gasteiger partial charge in [-0.05, 0) is 38.0 Å². The van der Waals surface area contributed by atoms with E-state index in [-0.39, 0.29) is 5.91 Å². The Kier molecular flexibility index (Phi) is 8.20. The van der Waals surface area contributed by atoms with Gasteiger partial charge in [-0.1, -0.05) is 23.8 Å². The lowest BCUT2D eigenvalue weighted by Crippen LogP contribution is -2.50. The molecule has 166 valence electrons. The first-order valence-corrected chi connectivity index (χ1v) is 10.9. The van der Waals surface area contributed by atoms with Gasteiger partial charge < -0.3 is 20.4 Å². The maximum atomic E-state index is 12.6. The first kappa shape index (κ1) is 22.5. The number of rotatable bonds is 7. The highest BCUT2D eigenvalue weighted by Gasteiger charge is 2.22. The number of nitrogens with zero attached hydrogens (tertiary/aromatic N) is 5. The number of amides is 1. The lowest BCUT2D eigenvalue weighted by atomic mass is 10.1. The number of anilines is 1. The fourth-order valence-electron chi connectivity index (χ4n) is 3.59. The summed E-state index contributed by atoms with van der Waals surface area (Å²) in [6.07, 6.45) is 3.93. The van der Waals surface area contributed by atoms with Crippen LogP contribution in [0.3, 0.4) is 0 Å². The number of benzene rings is 1. The summed E-state index contributed by atoms with van der Waals surface area (Å²) in [5.41, 5.74) is 3.71. The summed E-state index contributed by atoms with van der Waals surface area (Å²) in [5.74, 6) is 1.62. The van der Waals surface area contributed by atoms with E-state index in [9.17, 15) is 4.79 Å². The summed E-state index contributed by atoms with van der Waals surface area (Å²) < 4.78 is 0. The number of piperazine rings is 1. The lowest BCUT2D eigenvalue weighted by molar-refractivity contribution is -0.131. The van der Waals surface area contributed by atoms with Gasteiger partial charge in [0, 0.05) is 58.1 Å². The molecule has 0 atom stereocenters. The van der Waals surface area contributed by atoms with Crippen molar-refractivity contribution in [2.75, 3.05) is 44.2 Å². The van der Waals surface area contributed by atoms with Crippen molar-refractivity contribution >= 4 is 17.8 Å². The van der Waals surface area contributed by atoms with Crippen LogP contribution in [0, 0.1) is 13.8 Å². The Balaban J connectivity index is 1.44. The SMILES string of the molecule is CCNC(=NCc1ccc(C)cc1C)NCCC(=O)N1CCN(c2ncccn2)CC1. The highest BCUT2D eigenvalue weighted by molar-refractivity contribution is 5.81. The van der Waals surface area contributed by atoms with Crippen LogP contribution in [0.1, 0.15) is 30.0 Å². The Labute approximate surface area is 184 Å². The maximum Gasteiger partial charge on any atom is 0.225 e. The van der Waals surface area contributed by atoms with Gasteiger partial charge in [-0.2, -0.15) is 0 Å². The number of nitrogens with one attached hydrogen (secondary N) is 2. The average molecular weight is 424 g/mol. The molecule has 2 aromatic rings. The van der Waals surface area contributed by atoms with Crippen LogP contribution in [0.15, 0.2) is 41.7 Å². The number of hydrogen-bond donors (Lipinski definition) is 2. The van der Waals surface area contributed by atoms with Crippen LogP contribution in [-0.2, 0) is 11.3 Å². The molecular formula is C23H33N7O. The summed E-state index contributed by atoms with van der Waals surface area (Å²) in [6.45, 7) is 11.1. The minimum absolute atomic E-state index is 0.159. The monoisotopic (exact) mass is 423 g/mol. The summed E-state index contributed by atoms with van der Waals surface area (Å²) in [5, 5.41) is 6.54. The summed E-state index contributed by atoms with van der Waals surface area (Å²) in [7, 11) is 0. The van der Waals surface area contributed by atoms with E-state index >= 15 is 0 Å². The van der Waals surface area contributed by atoms with E-state index in [1.807, 2.05) is 17.9 Å². The van der Waals surface area contributed by atoms with Crippen LogP contribution in [0.4, 0.5) is 5.95 Å². The molecule has 3 rings (SSSR count). The van der Waals surface area contributed by atoms with Crippen LogP contribution in [0.25, 0.3) is 0 Å². The van der Waals surface area contributed by atoms with Crippen LogP contribution in [-0.4, -0.2) is 66.0 Å². The molecule has 2 heterocycles. The first-order valence-electron chi connectivity index (χ1n) is 10.9. The molecule has 1 aliphatic rings. The number of carbonyl (C=O) groups is 1. The Bertz CT molecular complexity index is 877. The lowest BCUT2D eigenvalue weighted by Gasteiger charge is -2.34. The van der Waals surface area contributed by atoms with Crippen LogP contribution >= 0.6 is 0 Å². The molecule has 0 spiro atoms. The van der Waals surface area contributed by atoms with E-state index in [1.165, 1.54) is 16.7 Å². The molecule has 1 aromatic carbocycles. The van der Waals surface area contributed by atoms with Gasteiger partial charge in [0.2, 0.25) is 11.9 Å². The minimum atomic E-state index is 0.159. The van der Waals surface area contributed by atoms with E-state index in [2.05, 4.69) is 62.5 Å². The molecule has 31 heavy (non-hydrogen) atoms. The molecule has 1 aliphatic heterocycles. The fraction of sp³-hybridized carbons (Fsp3) is 0.478. The number of aryl methyl sites for hydroxylation is 2. The number of guanidine groups is 1. The number of aliphatic imine (C=N–C) groups is 1.